The molecule has 3 saturated heterocycles. The third-order valence-electron chi connectivity index (χ3n) is 7.99. The summed E-state index contributed by atoms with van der Waals surface area (Å²) in [5.41, 5.74) is 0.553. The zero-order valence-corrected chi connectivity index (χ0v) is 18.0. The van der Waals surface area contributed by atoms with Crippen LogP contribution >= 0.6 is 0 Å². The van der Waals surface area contributed by atoms with Crippen LogP contribution in [0.1, 0.15) is 59.3 Å². The van der Waals surface area contributed by atoms with Crippen molar-refractivity contribution in [3.63, 3.8) is 0 Å². The van der Waals surface area contributed by atoms with Crippen LogP contribution in [0, 0.1) is 17.8 Å². The Morgan fingerprint density at radius 1 is 1.37 bits per heavy atom. The van der Waals surface area contributed by atoms with E-state index in [1.54, 1.807) is 19.9 Å². The largest absolute Gasteiger partial charge is 0.481 e. The molecule has 0 aromatic heterocycles. The van der Waals surface area contributed by atoms with Crippen LogP contribution in [-0.2, 0) is 19.1 Å². The molecule has 30 heavy (non-hydrogen) atoms. The number of carboxylic acid groups (broad SMARTS) is 1. The second kappa shape index (κ2) is 7.58. The number of aliphatic hydroxyl groups excluding tert-OH is 1. The topological polar surface area (TPSA) is 113 Å². The van der Waals surface area contributed by atoms with Crippen molar-refractivity contribution >= 4 is 11.9 Å². The van der Waals surface area contributed by atoms with E-state index in [0.29, 0.717) is 18.5 Å². The molecule has 8 nitrogen and oxygen atoms in total. The Labute approximate surface area is 177 Å². The Balaban J connectivity index is 1.62. The molecule has 3 N–H and O–H groups in total. The van der Waals surface area contributed by atoms with Crippen LogP contribution in [0.15, 0.2) is 11.6 Å². The zero-order chi connectivity index (χ0) is 21.8. The molecule has 4 rings (SSSR count). The fourth-order valence-corrected chi connectivity index (χ4v) is 6.62. The summed E-state index contributed by atoms with van der Waals surface area (Å²) < 4.78 is 11.9. The van der Waals surface area contributed by atoms with Crippen molar-refractivity contribution < 1.29 is 39.1 Å². The number of carbonyl (C=O) groups is 2. The van der Waals surface area contributed by atoms with Gasteiger partial charge in [-0.15, -0.1) is 0 Å². The van der Waals surface area contributed by atoms with Crippen molar-refractivity contribution in [2.24, 2.45) is 17.8 Å². The number of quaternary nitrogens is 1. The number of hydrogen-bond donors (Lipinski definition) is 3. The Bertz CT molecular complexity index is 754. The number of aliphatic hydroxyl groups is 1. The Kier molecular flexibility index (Phi) is 5.50. The van der Waals surface area contributed by atoms with Gasteiger partial charge in [-0.3, -0.25) is 4.79 Å². The maximum Gasteiger partial charge on any atom is 0.336 e. The Morgan fingerprint density at radius 2 is 2.10 bits per heavy atom. The number of carbonyl (C=O) groups excluding carboxylic acids is 1. The lowest BCUT2D eigenvalue weighted by molar-refractivity contribution is -1.13. The second-order valence-electron chi connectivity index (χ2n) is 9.69. The first-order chi connectivity index (χ1) is 14.1. The summed E-state index contributed by atoms with van der Waals surface area (Å²) in [6.45, 7) is 5.89. The predicted octanol–water partition coefficient (Wildman–Crippen LogP) is 2.23. The average Bonchev–Trinajstić information content (AvgIpc) is 3.22. The van der Waals surface area contributed by atoms with Gasteiger partial charge in [0, 0.05) is 36.7 Å². The summed E-state index contributed by atoms with van der Waals surface area (Å²) in [6.07, 6.45) is 4.54. The van der Waals surface area contributed by atoms with Crippen LogP contribution in [0.5, 0.6) is 0 Å². The minimum absolute atomic E-state index is 0.00606. The number of carboxylic acids is 1. The number of rotatable bonds is 5. The molecule has 3 fully saturated rings. The van der Waals surface area contributed by atoms with Crippen LogP contribution in [0.4, 0.5) is 0 Å². The fourth-order valence-electron chi connectivity index (χ4n) is 6.62. The van der Waals surface area contributed by atoms with E-state index in [0.717, 1.165) is 25.7 Å². The quantitative estimate of drug-likeness (QED) is 0.458. The van der Waals surface area contributed by atoms with E-state index < -0.39 is 29.8 Å². The highest BCUT2D eigenvalue weighted by molar-refractivity contribution is 5.90. The van der Waals surface area contributed by atoms with Crippen molar-refractivity contribution in [2.45, 2.75) is 89.4 Å². The smallest absolute Gasteiger partial charge is 0.336 e. The molecule has 4 aliphatic heterocycles. The number of hydroxylamine groups is 3. The maximum atomic E-state index is 12.2. The zero-order valence-electron chi connectivity index (χ0n) is 18.0. The first-order valence-corrected chi connectivity index (χ1v) is 11.2. The van der Waals surface area contributed by atoms with Crippen molar-refractivity contribution in [3.8, 4) is 0 Å². The summed E-state index contributed by atoms with van der Waals surface area (Å²) in [5.74, 6) is -3.07. The third-order valence-corrected chi connectivity index (χ3v) is 7.99. The average molecular weight is 425 g/mol. The standard InChI is InChI=1S/C22H33NO7/c1-4-14-19-16-8-7-15(17(24)10-12(2)20(25)26)23(16,28)9-5-6-18(19)29-22(14)11-13(3)21(27)30-22/h11-12,14-19,24,28H,4-10H2,1-3H3/p+1/t12-,14-,15-,16-,17-,18+,19+,22-,23?/m0/s1. The summed E-state index contributed by atoms with van der Waals surface area (Å²) in [4.78, 5) is 23.4. The van der Waals surface area contributed by atoms with E-state index in [9.17, 15) is 25.0 Å². The van der Waals surface area contributed by atoms with Crippen molar-refractivity contribution in [1.29, 1.82) is 0 Å². The van der Waals surface area contributed by atoms with E-state index >= 15 is 0 Å². The first-order valence-electron chi connectivity index (χ1n) is 11.2. The highest BCUT2D eigenvalue weighted by Crippen LogP contribution is 2.55. The number of fused-ring (bicyclic) bond motifs is 3. The monoisotopic (exact) mass is 424 g/mol. The van der Waals surface area contributed by atoms with Gasteiger partial charge in [0.2, 0.25) is 5.79 Å². The molecule has 0 amide bonds. The predicted molar refractivity (Wildman–Crippen MR) is 105 cm³/mol. The molecule has 0 aromatic carbocycles. The van der Waals surface area contributed by atoms with Gasteiger partial charge in [-0.1, -0.05) is 13.8 Å². The number of hydrogen-bond acceptors (Lipinski definition) is 6. The molecule has 0 radical (unpaired) electrons. The van der Waals surface area contributed by atoms with Gasteiger partial charge in [0.05, 0.1) is 12.0 Å². The summed E-state index contributed by atoms with van der Waals surface area (Å²) in [7, 11) is 0. The fraction of sp³-hybridized carbons (Fsp3) is 0.818. The van der Waals surface area contributed by atoms with E-state index in [4.69, 9.17) is 9.47 Å². The molecule has 0 saturated carbocycles. The number of ether oxygens (including phenoxy) is 2. The van der Waals surface area contributed by atoms with Gasteiger partial charge in [0.15, 0.2) is 0 Å². The van der Waals surface area contributed by atoms with Crippen LogP contribution in [0.25, 0.3) is 0 Å². The van der Waals surface area contributed by atoms with E-state index in [-0.39, 0.29) is 41.0 Å². The number of esters is 1. The van der Waals surface area contributed by atoms with E-state index in [2.05, 4.69) is 6.92 Å². The minimum Gasteiger partial charge on any atom is -0.481 e. The van der Waals surface area contributed by atoms with Gasteiger partial charge in [-0.05, 0) is 32.3 Å². The first kappa shape index (κ1) is 21.7. The van der Waals surface area contributed by atoms with Gasteiger partial charge < -0.3 is 19.7 Å². The maximum absolute atomic E-state index is 12.2. The molecule has 9 atom stereocenters. The second-order valence-corrected chi connectivity index (χ2v) is 9.69. The molecule has 1 unspecified atom stereocenters. The summed E-state index contributed by atoms with van der Waals surface area (Å²) >= 11 is 0. The van der Waals surface area contributed by atoms with Crippen molar-refractivity contribution in [3.05, 3.63) is 11.6 Å². The molecule has 4 aliphatic rings. The molecule has 0 aromatic rings. The van der Waals surface area contributed by atoms with Gasteiger partial charge in [-0.25, -0.2) is 10.0 Å². The molecule has 8 heteroatoms. The highest BCUT2D eigenvalue weighted by Gasteiger charge is 2.67. The number of aliphatic carboxylic acids is 1. The molecule has 0 aliphatic carbocycles. The Morgan fingerprint density at radius 3 is 2.70 bits per heavy atom. The van der Waals surface area contributed by atoms with Crippen LogP contribution in [0.2, 0.25) is 0 Å². The molecule has 0 bridgehead atoms. The van der Waals surface area contributed by atoms with Gasteiger partial charge in [0.1, 0.15) is 24.7 Å². The van der Waals surface area contributed by atoms with Crippen LogP contribution < -0.4 is 0 Å². The van der Waals surface area contributed by atoms with E-state index in [1.807, 2.05) is 0 Å². The lowest BCUT2D eigenvalue weighted by atomic mass is 9.77. The van der Waals surface area contributed by atoms with Crippen LogP contribution in [-0.4, -0.2) is 68.6 Å². The van der Waals surface area contributed by atoms with Crippen molar-refractivity contribution in [2.75, 3.05) is 6.54 Å². The SMILES string of the molecule is CC[C@H]1[C@H]2[C@@H](CCC[N+]3(O)[C@H]2CC[C@H]3[C@@H](O)C[C@H](C)C(=O)O)O[C@]12C=C(C)C(=O)O2. The van der Waals surface area contributed by atoms with E-state index in [1.165, 1.54) is 0 Å². The van der Waals surface area contributed by atoms with Gasteiger partial charge >= 0.3 is 11.9 Å². The molecule has 168 valence electrons. The van der Waals surface area contributed by atoms with Crippen molar-refractivity contribution in [1.82, 2.24) is 0 Å². The minimum atomic E-state index is -1.05. The molecule has 4 heterocycles. The van der Waals surface area contributed by atoms with Crippen LogP contribution in [0.3, 0.4) is 0 Å². The normalized spacial score (nSPS) is 44.8. The lowest BCUT2D eigenvalue weighted by Gasteiger charge is -2.41. The summed E-state index contributed by atoms with van der Waals surface area (Å²) in [6, 6.07) is -0.539. The number of nitrogens with zero attached hydrogens (tertiary/aromatic N) is 1. The van der Waals surface area contributed by atoms with Gasteiger partial charge in [0.25, 0.3) is 0 Å². The summed E-state index contributed by atoms with van der Waals surface area (Å²) in [5, 5.41) is 31.9. The lowest BCUT2D eigenvalue weighted by Crippen LogP contribution is -2.61. The molecule has 1 spiro atoms. The third kappa shape index (κ3) is 3.20. The highest BCUT2D eigenvalue weighted by atomic mass is 16.7. The Hall–Kier alpha value is -1.48. The molecular weight excluding hydrogens is 390 g/mol. The molecular formula is C22H34NO7+. The van der Waals surface area contributed by atoms with Gasteiger partial charge in [-0.2, -0.15) is 4.65 Å².